The summed E-state index contributed by atoms with van der Waals surface area (Å²) in [5.74, 6) is -0.405. The Kier molecular flexibility index (Phi) is 4.97. The number of nitrogens with one attached hydrogen (secondary N) is 2. The summed E-state index contributed by atoms with van der Waals surface area (Å²) >= 11 is 0. The molecule has 0 saturated carbocycles. The van der Waals surface area contributed by atoms with Gasteiger partial charge in [-0.05, 0) is 42.5 Å². The van der Waals surface area contributed by atoms with Crippen molar-refractivity contribution in [2.24, 2.45) is 0 Å². The highest BCUT2D eigenvalue weighted by molar-refractivity contribution is 7.92. The molecule has 4 aromatic rings. The Hall–Kier alpha value is -3.71. The zero-order valence-corrected chi connectivity index (χ0v) is 16.1. The molecule has 1 heterocycles. The number of carbonyl (C=O) groups is 1. The second kappa shape index (κ2) is 7.73. The molecule has 0 saturated heterocycles. The molecule has 0 fully saturated rings. The van der Waals surface area contributed by atoms with E-state index in [-0.39, 0.29) is 10.5 Å². The third-order valence-corrected chi connectivity index (χ3v) is 5.71. The molecule has 3 aromatic carbocycles. The van der Waals surface area contributed by atoms with E-state index in [1.165, 1.54) is 12.1 Å². The zero-order valence-electron chi connectivity index (χ0n) is 15.2. The maximum Gasteiger partial charge on any atom is 0.261 e. The van der Waals surface area contributed by atoms with Gasteiger partial charge in [-0.15, -0.1) is 0 Å². The highest BCUT2D eigenvalue weighted by atomic mass is 32.2. The molecule has 2 N–H and O–H groups in total. The van der Waals surface area contributed by atoms with Gasteiger partial charge in [0.2, 0.25) is 0 Å². The van der Waals surface area contributed by atoms with Crippen molar-refractivity contribution in [1.82, 2.24) is 4.98 Å². The zero-order chi connectivity index (χ0) is 20.3. The number of hydrogen-bond donors (Lipinski definition) is 2. The molecular formula is C22H17N3O3S. The minimum absolute atomic E-state index is 0.00795. The Bertz CT molecular complexity index is 1280. The second-order valence-corrected chi connectivity index (χ2v) is 8.01. The first-order valence-corrected chi connectivity index (χ1v) is 10.3. The minimum Gasteiger partial charge on any atom is -0.321 e. The van der Waals surface area contributed by atoms with Gasteiger partial charge in [0, 0.05) is 22.8 Å². The van der Waals surface area contributed by atoms with E-state index in [0.29, 0.717) is 11.4 Å². The van der Waals surface area contributed by atoms with Gasteiger partial charge in [0.15, 0.2) is 0 Å². The predicted molar refractivity (Wildman–Crippen MR) is 113 cm³/mol. The summed E-state index contributed by atoms with van der Waals surface area (Å²) in [7, 11) is -3.82. The lowest BCUT2D eigenvalue weighted by Crippen LogP contribution is -2.16. The van der Waals surface area contributed by atoms with E-state index in [4.69, 9.17) is 0 Å². The molecule has 0 atom stereocenters. The fourth-order valence-electron chi connectivity index (χ4n) is 2.92. The first kappa shape index (κ1) is 18.6. The van der Waals surface area contributed by atoms with E-state index in [9.17, 15) is 13.2 Å². The van der Waals surface area contributed by atoms with Crippen LogP contribution in [0.5, 0.6) is 0 Å². The van der Waals surface area contributed by atoms with Crippen LogP contribution in [0.15, 0.2) is 96.0 Å². The van der Waals surface area contributed by atoms with Crippen LogP contribution in [0.2, 0.25) is 0 Å². The topological polar surface area (TPSA) is 88.2 Å². The molecule has 4 rings (SSSR count). The number of benzene rings is 3. The molecule has 1 amide bonds. The number of carbonyl (C=O) groups excluding carboxylic acids is 1. The largest absolute Gasteiger partial charge is 0.321 e. The number of para-hydroxylation sites is 2. The molecule has 0 aliphatic heterocycles. The Morgan fingerprint density at radius 2 is 1.59 bits per heavy atom. The van der Waals surface area contributed by atoms with Gasteiger partial charge in [0.25, 0.3) is 15.9 Å². The molecule has 144 valence electrons. The maximum atomic E-state index is 12.7. The molecule has 7 heteroatoms. The van der Waals surface area contributed by atoms with Crippen LogP contribution in [0.3, 0.4) is 0 Å². The smallest absolute Gasteiger partial charge is 0.261 e. The van der Waals surface area contributed by atoms with Crippen LogP contribution in [-0.4, -0.2) is 19.3 Å². The number of rotatable bonds is 5. The van der Waals surface area contributed by atoms with Crippen molar-refractivity contribution in [2.45, 2.75) is 4.90 Å². The Morgan fingerprint density at radius 1 is 0.828 bits per heavy atom. The predicted octanol–water partition coefficient (Wildman–Crippen LogP) is 4.29. The van der Waals surface area contributed by atoms with Gasteiger partial charge in [-0.1, -0.05) is 42.5 Å². The average molecular weight is 403 g/mol. The number of amides is 1. The van der Waals surface area contributed by atoms with E-state index >= 15 is 0 Å². The molecule has 6 nitrogen and oxygen atoms in total. The van der Waals surface area contributed by atoms with Gasteiger partial charge in [-0.25, -0.2) is 8.42 Å². The summed E-state index contributed by atoms with van der Waals surface area (Å²) in [6.45, 7) is 0. The third kappa shape index (κ3) is 4.09. The maximum absolute atomic E-state index is 12.7. The van der Waals surface area contributed by atoms with Gasteiger partial charge >= 0.3 is 0 Å². The number of fused-ring (bicyclic) bond motifs is 1. The van der Waals surface area contributed by atoms with Crippen LogP contribution >= 0.6 is 0 Å². The van der Waals surface area contributed by atoms with E-state index in [2.05, 4.69) is 15.0 Å². The number of pyridine rings is 1. The second-order valence-electron chi connectivity index (χ2n) is 6.33. The molecule has 0 aliphatic carbocycles. The van der Waals surface area contributed by atoms with E-state index < -0.39 is 15.9 Å². The number of nitrogens with zero attached hydrogens (tertiary/aromatic N) is 1. The average Bonchev–Trinajstić information content (AvgIpc) is 2.74. The summed E-state index contributed by atoms with van der Waals surface area (Å²) in [5.41, 5.74) is 2.05. The van der Waals surface area contributed by atoms with Crippen molar-refractivity contribution in [1.29, 1.82) is 0 Å². The lowest BCUT2D eigenvalue weighted by Gasteiger charge is -2.11. The van der Waals surface area contributed by atoms with Crippen LogP contribution in [0, 0.1) is 0 Å². The lowest BCUT2D eigenvalue weighted by molar-refractivity contribution is 0.102. The van der Waals surface area contributed by atoms with Crippen molar-refractivity contribution < 1.29 is 13.2 Å². The van der Waals surface area contributed by atoms with Crippen molar-refractivity contribution in [3.8, 4) is 0 Å². The molecule has 0 spiro atoms. The third-order valence-electron chi connectivity index (χ3n) is 4.33. The molecule has 0 aliphatic rings. The quantitative estimate of drug-likeness (QED) is 0.520. The highest BCUT2D eigenvalue weighted by Gasteiger charge is 2.17. The molecule has 0 unspecified atom stereocenters. The van der Waals surface area contributed by atoms with Gasteiger partial charge in [0.1, 0.15) is 0 Å². The Morgan fingerprint density at radius 3 is 2.41 bits per heavy atom. The molecule has 29 heavy (non-hydrogen) atoms. The first-order chi connectivity index (χ1) is 14.0. The van der Waals surface area contributed by atoms with Crippen LogP contribution in [0.4, 0.5) is 11.4 Å². The van der Waals surface area contributed by atoms with E-state index in [0.717, 1.165) is 10.9 Å². The standard InChI is InChI=1S/C22H17N3O3S/c26-22(24-21-13-14-23-20-12-5-4-11-19(20)21)16-7-6-10-18(15-16)29(27,28)25-17-8-2-1-3-9-17/h1-15,25H,(H,23,24,26). The summed E-state index contributed by atoms with van der Waals surface area (Å²) in [5, 5.41) is 3.64. The highest BCUT2D eigenvalue weighted by Crippen LogP contribution is 2.22. The monoisotopic (exact) mass is 403 g/mol. The lowest BCUT2D eigenvalue weighted by atomic mass is 10.1. The SMILES string of the molecule is O=C(Nc1ccnc2ccccc12)c1cccc(S(=O)(=O)Nc2ccccc2)c1. The fourth-order valence-corrected chi connectivity index (χ4v) is 4.03. The van der Waals surface area contributed by atoms with Crippen molar-refractivity contribution in [3.05, 3.63) is 96.7 Å². The fraction of sp³-hybridized carbons (Fsp3) is 0. The van der Waals surface area contributed by atoms with Crippen molar-refractivity contribution in [2.75, 3.05) is 10.0 Å². The van der Waals surface area contributed by atoms with E-state index in [1.54, 1.807) is 54.7 Å². The number of anilines is 2. The van der Waals surface area contributed by atoms with Crippen molar-refractivity contribution >= 4 is 38.2 Å². The minimum atomic E-state index is -3.82. The van der Waals surface area contributed by atoms with Gasteiger partial charge in [0.05, 0.1) is 16.1 Å². The summed E-state index contributed by atoms with van der Waals surface area (Å²) < 4.78 is 27.8. The number of hydrogen-bond acceptors (Lipinski definition) is 4. The Labute approximate surface area is 168 Å². The van der Waals surface area contributed by atoms with Gasteiger partial charge < -0.3 is 5.32 Å². The normalized spacial score (nSPS) is 11.2. The van der Waals surface area contributed by atoms with Gasteiger partial charge in [-0.3, -0.25) is 14.5 Å². The van der Waals surface area contributed by atoms with Crippen LogP contribution in [-0.2, 0) is 10.0 Å². The Balaban J connectivity index is 1.60. The van der Waals surface area contributed by atoms with Crippen LogP contribution in [0.1, 0.15) is 10.4 Å². The summed E-state index contributed by atoms with van der Waals surface area (Å²) in [4.78, 5) is 17.0. The van der Waals surface area contributed by atoms with Crippen LogP contribution < -0.4 is 10.0 Å². The molecule has 0 radical (unpaired) electrons. The summed E-state index contributed by atoms with van der Waals surface area (Å²) in [6.07, 6.45) is 1.61. The first-order valence-electron chi connectivity index (χ1n) is 8.86. The molecule has 1 aromatic heterocycles. The van der Waals surface area contributed by atoms with Gasteiger partial charge in [-0.2, -0.15) is 0 Å². The van der Waals surface area contributed by atoms with Crippen molar-refractivity contribution in [3.63, 3.8) is 0 Å². The number of sulfonamides is 1. The molecule has 0 bridgehead atoms. The molecular weight excluding hydrogens is 386 g/mol. The number of aromatic nitrogens is 1. The summed E-state index contributed by atoms with van der Waals surface area (Å²) in [6, 6.07) is 23.6. The van der Waals surface area contributed by atoms with Crippen LogP contribution in [0.25, 0.3) is 10.9 Å². The van der Waals surface area contributed by atoms with E-state index in [1.807, 2.05) is 24.3 Å².